The zero-order chi connectivity index (χ0) is 13.3. The van der Waals surface area contributed by atoms with Crippen molar-refractivity contribution in [1.29, 1.82) is 0 Å². The van der Waals surface area contributed by atoms with Gasteiger partial charge < -0.3 is 11.1 Å². The lowest BCUT2D eigenvalue weighted by molar-refractivity contribution is -0.148. The van der Waals surface area contributed by atoms with Crippen molar-refractivity contribution in [3.63, 3.8) is 0 Å². The van der Waals surface area contributed by atoms with Crippen LogP contribution in [0, 0.1) is 0 Å². The van der Waals surface area contributed by atoms with Gasteiger partial charge in [0.15, 0.2) is 0 Å². The van der Waals surface area contributed by atoms with E-state index in [4.69, 9.17) is 5.73 Å². The van der Waals surface area contributed by atoms with Crippen molar-refractivity contribution in [3.8, 4) is 0 Å². The number of nitrogens with zero attached hydrogens (tertiary/aromatic N) is 1. The molecule has 0 aliphatic rings. The molecular weight excluding hydrogens is 235 g/mol. The maximum atomic E-state index is 12.2. The van der Waals surface area contributed by atoms with Crippen molar-refractivity contribution in [2.75, 3.05) is 32.7 Å². The van der Waals surface area contributed by atoms with Crippen LogP contribution in [0.4, 0.5) is 13.2 Å². The minimum Gasteiger partial charge on any atom is -0.355 e. The molecule has 7 heteroatoms. The van der Waals surface area contributed by atoms with Crippen molar-refractivity contribution in [2.24, 2.45) is 5.73 Å². The van der Waals surface area contributed by atoms with Gasteiger partial charge in [0, 0.05) is 19.6 Å². The Bertz CT molecular complexity index is 221. The highest BCUT2D eigenvalue weighted by Gasteiger charge is 2.31. The SMILES string of the molecule is CCCCNC(=O)CN(CCN)CC(F)(F)F. The maximum Gasteiger partial charge on any atom is 0.401 e. The average molecular weight is 255 g/mol. The van der Waals surface area contributed by atoms with E-state index in [0.29, 0.717) is 6.54 Å². The Kier molecular flexibility index (Phi) is 7.90. The maximum absolute atomic E-state index is 12.2. The van der Waals surface area contributed by atoms with Gasteiger partial charge in [0.05, 0.1) is 13.1 Å². The quantitative estimate of drug-likeness (QED) is 0.628. The van der Waals surface area contributed by atoms with E-state index >= 15 is 0 Å². The second kappa shape index (κ2) is 8.30. The molecule has 0 fully saturated rings. The zero-order valence-electron chi connectivity index (χ0n) is 10.0. The molecule has 0 bridgehead atoms. The lowest BCUT2D eigenvalue weighted by Crippen LogP contribution is -2.44. The van der Waals surface area contributed by atoms with Crippen molar-refractivity contribution < 1.29 is 18.0 Å². The smallest absolute Gasteiger partial charge is 0.355 e. The van der Waals surface area contributed by atoms with Gasteiger partial charge in [-0.05, 0) is 6.42 Å². The molecule has 0 spiro atoms. The average Bonchev–Trinajstić information content (AvgIpc) is 2.15. The molecule has 0 saturated heterocycles. The van der Waals surface area contributed by atoms with Gasteiger partial charge in [-0.2, -0.15) is 13.2 Å². The molecule has 0 aliphatic carbocycles. The first kappa shape index (κ1) is 16.2. The van der Waals surface area contributed by atoms with Crippen LogP contribution in [0.25, 0.3) is 0 Å². The summed E-state index contributed by atoms with van der Waals surface area (Å²) >= 11 is 0. The van der Waals surface area contributed by atoms with Gasteiger partial charge in [0.1, 0.15) is 0 Å². The minimum absolute atomic E-state index is 0.0563. The highest BCUT2D eigenvalue weighted by Crippen LogP contribution is 2.15. The second-order valence-electron chi connectivity index (χ2n) is 3.82. The molecule has 3 N–H and O–H groups in total. The Morgan fingerprint density at radius 1 is 1.41 bits per heavy atom. The summed E-state index contributed by atoms with van der Waals surface area (Å²) in [6, 6.07) is 0. The van der Waals surface area contributed by atoms with Crippen molar-refractivity contribution >= 4 is 5.91 Å². The minimum atomic E-state index is -4.31. The number of carbonyl (C=O) groups excluding carboxylic acids is 1. The monoisotopic (exact) mass is 255 g/mol. The Labute approximate surface area is 99.3 Å². The normalized spacial score (nSPS) is 11.9. The van der Waals surface area contributed by atoms with Gasteiger partial charge in [-0.15, -0.1) is 0 Å². The van der Waals surface area contributed by atoms with E-state index in [-0.39, 0.29) is 19.6 Å². The summed E-state index contributed by atoms with van der Waals surface area (Å²) in [5, 5.41) is 2.57. The molecule has 0 unspecified atom stereocenters. The number of hydrogen-bond acceptors (Lipinski definition) is 3. The van der Waals surface area contributed by atoms with Crippen LogP contribution in [-0.2, 0) is 4.79 Å². The number of alkyl halides is 3. The van der Waals surface area contributed by atoms with E-state index in [0.717, 1.165) is 17.7 Å². The van der Waals surface area contributed by atoms with Gasteiger partial charge in [-0.1, -0.05) is 13.3 Å². The second-order valence-corrected chi connectivity index (χ2v) is 3.82. The highest BCUT2D eigenvalue weighted by atomic mass is 19.4. The topological polar surface area (TPSA) is 58.4 Å². The molecule has 0 aliphatic heterocycles. The predicted octanol–water partition coefficient (Wildman–Crippen LogP) is 0.726. The summed E-state index contributed by atoms with van der Waals surface area (Å²) in [5.41, 5.74) is 5.20. The number of halogens is 3. The zero-order valence-corrected chi connectivity index (χ0v) is 10.0. The lowest BCUT2D eigenvalue weighted by Gasteiger charge is -2.22. The van der Waals surface area contributed by atoms with Crippen LogP contribution in [0.3, 0.4) is 0 Å². The van der Waals surface area contributed by atoms with E-state index in [2.05, 4.69) is 5.32 Å². The van der Waals surface area contributed by atoms with Crippen molar-refractivity contribution in [1.82, 2.24) is 10.2 Å². The van der Waals surface area contributed by atoms with E-state index in [9.17, 15) is 18.0 Å². The number of nitrogens with one attached hydrogen (secondary N) is 1. The van der Waals surface area contributed by atoms with Crippen molar-refractivity contribution in [2.45, 2.75) is 25.9 Å². The molecular formula is C10H20F3N3O. The van der Waals surface area contributed by atoms with Crippen LogP contribution >= 0.6 is 0 Å². The number of unbranched alkanes of at least 4 members (excludes halogenated alkanes) is 1. The summed E-state index contributed by atoms with van der Waals surface area (Å²) in [5.74, 6) is -0.392. The summed E-state index contributed by atoms with van der Waals surface area (Å²) in [7, 11) is 0. The molecule has 0 atom stereocenters. The van der Waals surface area contributed by atoms with E-state index in [1.165, 1.54) is 0 Å². The molecule has 0 aromatic rings. The Balaban J connectivity index is 4.01. The fraction of sp³-hybridized carbons (Fsp3) is 0.900. The van der Waals surface area contributed by atoms with Crippen LogP contribution in [0.5, 0.6) is 0 Å². The Morgan fingerprint density at radius 2 is 2.06 bits per heavy atom. The van der Waals surface area contributed by atoms with Crippen LogP contribution < -0.4 is 11.1 Å². The van der Waals surface area contributed by atoms with Gasteiger partial charge in [-0.25, -0.2) is 0 Å². The van der Waals surface area contributed by atoms with Crippen molar-refractivity contribution in [3.05, 3.63) is 0 Å². The summed E-state index contributed by atoms with van der Waals surface area (Å²) in [6.45, 7) is 1.25. The number of carbonyl (C=O) groups is 1. The first-order chi connectivity index (χ1) is 7.89. The molecule has 1 amide bonds. The molecule has 0 aromatic heterocycles. The van der Waals surface area contributed by atoms with Gasteiger partial charge in [0.25, 0.3) is 0 Å². The molecule has 0 heterocycles. The third-order valence-electron chi connectivity index (χ3n) is 2.07. The number of hydrogen-bond donors (Lipinski definition) is 2. The van der Waals surface area contributed by atoms with Crippen LogP contribution in [0.2, 0.25) is 0 Å². The third kappa shape index (κ3) is 10.1. The first-order valence-electron chi connectivity index (χ1n) is 5.65. The molecule has 0 aromatic carbocycles. The van der Waals surface area contributed by atoms with Crippen LogP contribution in [-0.4, -0.2) is 49.7 Å². The highest BCUT2D eigenvalue weighted by molar-refractivity contribution is 5.77. The Hall–Kier alpha value is -0.820. The molecule has 0 saturated carbocycles. The number of amides is 1. The molecule has 0 radical (unpaired) electrons. The van der Waals surface area contributed by atoms with Crippen LogP contribution in [0.15, 0.2) is 0 Å². The largest absolute Gasteiger partial charge is 0.401 e. The number of nitrogens with two attached hydrogens (primary N) is 1. The Morgan fingerprint density at radius 3 is 2.53 bits per heavy atom. The molecule has 0 rings (SSSR count). The first-order valence-corrected chi connectivity index (χ1v) is 5.65. The van der Waals surface area contributed by atoms with Gasteiger partial charge in [-0.3, -0.25) is 9.69 Å². The molecule has 4 nitrogen and oxygen atoms in total. The third-order valence-corrected chi connectivity index (χ3v) is 2.07. The van der Waals surface area contributed by atoms with E-state index < -0.39 is 18.6 Å². The van der Waals surface area contributed by atoms with E-state index in [1.54, 1.807) is 0 Å². The summed E-state index contributed by atoms with van der Waals surface area (Å²) in [4.78, 5) is 12.3. The predicted molar refractivity (Wildman–Crippen MR) is 59.5 cm³/mol. The van der Waals surface area contributed by atoms with Gasteiger partial charge >= 0.3 is 6.18 Å². The van der Waals surface area contributed by atoms with E-state index in [1.807, 2.05) is 6.92 Å². The standard InChI is InChI=1S/C10H20F3N3O/c1-2-3-5-15-9(17)7-16(6-4-14)8-10(11,12)13/h2-8,14H2,1H3,(H,15,17). The summed E-state index contributed by atoms with van der Waals surface area (Å²) in [6.07, 6.45) is -2.56. The fourth-order valence-electron chi connectivity index (χ4n) is 1.31. The molecule has 17 heavy (non-hydrogen) atoms. The van der Waals surface area contributed by atoms with Gasteiger partial charge in [0.2, 0.25) is 5.91 Å². The summed E-state index contributed by atoms with van der Waals surface area (Å²) < 4.78 is 36.5. The number of rotatable bonds is 8. The molecule has 102 valence electrons. The fourth-order valence-corrected chi connectivity index (χ4v) is 1.31. The lowest BCUT2D eigenvalue weighted by atomic mass is 10.3. The van der Waals surface area contributed by atoms with Crippen LogP contribution in [0.1, 0.15) is 19.8 Å².